The predicted molar refractivity (Wildman–Crippen MR) is 83.6 cm³/mol. The molecule has 5 heteroatoms. The Balaban J connectivity index is 3.19. The molecule has 5 nitrogen and oxygen atoms in total. The maximum Gasteiger partial charge on any atom is 0.349 e. The summed E-state index contributed by atoms with van der Waals surface area (Å²) in [5.41, 5.74) is 0.522. The van der Waals surface area contributed by atoms with E-state index in [9.17, 15) is 10.1 Å². The molecule has 0 aliphatic rings. The highest BCUT2D eigenvalue weighted by Gasteiger charge is 2.14. The van der Waals surface area contributed by atoms with Crippen LogP contribution in [0.2, 0.25) is 0 Å². The third-order valence-electron chi connectivity index (χ3n) is 2.58. The monoisotopic (exact) mass is 303 g/mol. The summed E-state index contributed by atoms with van der Waals surface area (Å²) in [6.07, 6.45) is 1.17. The summed E-state index contributed by atoms with van der Waals surface area (Å²) in [5, 5.41) is 9.17. The van der Waals surface area contributed by atoms with Gasteiger partial charge in [0.1, 0.15) is 23.1 Å². The topological polar surface area (TPSA) is 68.5 Å². The Morgan fingerprint density at radius 3 is 2.50 bits per heavy atom. The van der Waals surface area contributed by atoms with E-state index >= 15 is 0 Å². The van der Waals surface area contributed by atoms with E-state index in [1.807, 2.05) is 19.9 Å². The van der Waals surface area contributed by atoms with Crippen LogP contribution in [0.25, 0.3) is 6.08 Å². The fourth-order valence-electron chi connectivity index (χ4n) is 1.75. The lowest BCUT2D eigenvalue weighted by Gasteiger charge is -2.11. The number of carbonyl (C=O) groups excluding carboxylic acids is 1. The average molecular weight is 303 g/mol. The van der Waals surface area contributed by atoms with Crippen molar-refractivity contribution in [3.8, 4) is 17.6 Å². The summed E-state index contributed by atoms with van der Waals surface area (Å²) in [4.78, 5) is 11.9. The molecule has 0 aliphatic carbocycles. The molecule has 0 bridgehead atoms. The van der Waals surface area contributed by atoms with Crippen LogP contribution in [0.3, 0.4) is 0 Å². The van der Waals surface area contributed by atoms with Crippen LogP contribution in [-0.2, 0) is 9.53 Å². The van der Waals surface area contributed by atoms with Gasteiger partial charge >= 0.3 is 5.97 Å². The molecule has 0 amide bonds. The Bertz CT molecular complexity index is 585. The van der Waals surface area contributed by atoms with E-state index in [1.165, 1.54) is 6.08 Å². The van der Waals surface area contributed by atoms with E-state index in [-0.39, 0.29) is 11.7 Å². The zero-order chi connectivity index (χ0) is 16.5. The van der Waals surface area contributed by atoms with E-state index in [2.05, 4.69) is 0 Å². The number of carbonyl (C=O) groups is 1. The van der Waals surface area contributed by atoms with Crippen molar-refractivity contribution in [2.24, 2.45) is 0 Å². The summed E-state index contributed by atoms with van der Waals surface area (Å²) in [6, 6.07) is 7.13. The van der Waals surface area contributed by atoms with Crippen molar-refractivity contribution in [1.82, 2.24) is 0 Å². The zero-order valence-electron chi connectivity index (χ0n) is 13.4. The number of hydrogen-bond acceptors (Lipinski definition) is 5. The van der Waals surface area contributed by atoms with E-state index in [0.717, 1.165) is 0 Å². The number of hydrogen-bond donors (Lipinski definition) is 0. The van der Waals surface area contributed by atoms with Crippen molar-refractivity contribution < 1.29 is 19.0 Å². The third-order valence-corrected chi connectivity index (χ3v) is 2.58. The molecule has 1 aromatic rings. The molecule has 0 radical (unpaired) electrons. The normalized spacial score (nSPS) is 11.0. The average Bonchev–Trinajstić information content (AvgIpc) is 2.46. The van der Waals surface area contributed by atoms with Crippen LogP contribution in [0.1, 0.15) is 33.3 Å². The van der Waals surface area contributed by atoms with Gasteiger partial charge in [0.15, 0.2) is 0 Å². The molecule has 0 saturated carbocycles. The third kappa shape index (κ3) is 5.13. The Kier molecular flexibility index (Phi) is 6.97. The molecule has 118 valence electrons. The molecule has 0 unspecified atom stereocenters. The first-order chi connectivity index (χ1) is 10.5. The van der Waals surface area contributed by atoms with Crippen LogP contribution in [0.4, 0.5) is 0 Å². The van der Waals surface area contributed by atoms with E-state index < -0.39 is 5.97 Å². The van der Waals surface area contributed by atoms with Crippen molar-refractivity contribution in [2.45, 2.75) is 33.8 Å². The van der Waals surface area contributed by atoms with E-state index in [4.69, 9.17) is 14.2 Å². The zero-order valence-corrected chi connectivity index (χ0v) is 13.4. The summed E-state index contributed by atoms with van der Waals surface area (Å²) in [5.74, 6) is 0.574. The Labute approximate surface area is 131 Å². The maximum atomic E-state index is 11.9. The summed E-state index contributed by atoms with van der Waals surface area (Å²) in [6.45, 7) is 8.21. The van der Waals surface area contributed by atoms with Crippen molar-refractivity contribution in [3.63, 3.8) is 0 Å². The molecule has 0 heterocycles. The second-order valence-electron chi connectivity index (χ2n) is 4.69. The highest BCUT2D eigenvalue weighted by molar-refractivity contribution is 5.98. The molecule has 0 fully saturated rings. The van der Waals surface area contributed by atoms with Gasteiger partial charge in [0.05, 0.1) is 19.3 Å². The fourth-order valence-corrected chi connectivity index (χ4v) is 1.75. The van der Waals surface area contributed by atoms with Crippen LogP contribution in [0.5, 0.6) is 11.5 Å². The van der Waals surface area contributed by atoms with Gasteiger partial charge in [-0.1, -0.05) is 0 Å². The number of nitriles is 1. The lowest BCUT2D eigenvalue weighted by atomic mass is 10.1. The minimum absolute atomic E-state index is 0.0803. The molecule has 1 rings (SSSR count). The summed E-state index contributed by atoms with van der Waals surface area (Å²) >= 11 is 0. The molecule has 1 aromatic carbocycles. The van der Waals surface area contributed by atoms with Crippen molar-refractivity contribution in [3.05, 3.63) is 29.3 Å². The smallest absolute Gasteiger partial charge is 0.349 e. The number of esters is 1. The van der Waals surface area contributed by atoms with E-state index in [1.54, 1.807) is 32.0 Å². The van der Waals surface area contributed by atoms with Crippen LogP contribution in [0.15, 0.2) is 23.8 Å². The van der Waals surface area contributed by atoms with Crippen molar-refractivity contribution in [1.29, 1.82) is 5.26 Å². The van der Waals surface area contributed by atoms with Gasteiger partial charge in [0.25, 0.3) is 0 Å². The molecular formula is C17H21NO4. The van der Waals surface area contributed by atoms with Gasteiger partial charge in [0, 0.05) is 5.56 Å². The Morgan fingerprint density at radius 1 is 1.27 bits per heavy atom. The molecule has 0 spiro atoms. The van der Waals surface area contributed by atoms with Crippen molar-refractivity contribution in [2.75, 3.05) is 13.2 Å². The minimum atomic E-state index is -0.651. The number of benzene rings is 1. The van der Waals surface area contributed by atoms with Crippen LogP contribution in [-0.4, -0.2) is 25.3 Å². The van der Waals surface area contributed by atoms with Crippen LogP contribution >= 0.6 is 0 Å². The van der Waals surface area contributed by atoms with Gasteiger partial charge < -0.3 is 14.2 Å². The summed E-state index contributed by atoms with van der Waals surface area (Å²) < 4.78 is 16.0. The number of rotatable bonds is 7. The maximum absolute atomic E-state index is 11.9. The lowest BCUT2D eigenvalue weighted by Crippen LogP contribution is -2.12. The molecule has 0 aliphatic heterocycles. The SMILES string of the molecule is CCOc1ccc(OCC)c(C=C(C#N)C(=O)OC(C)C)c1. The van der Waals surface area contributed by atoms with Gasteiger partial charge in [-0.3, -0.25) is 0 Å². The Morgan fingerprint density at radius 2 is 1.95 bits per heavy atom. The second-order valence-corrected chi connectivity index (χ2v) is 4.69. The summed E-state index contributed by atoms with van der Waals surface area (Å²) in [7, 11) is 0. The predicted octanol–water partition coefficient (Wildman–Crippen LogP) is 3.34. The lowest BCUT2D eigenvalue weighted by molar-refractivity contribution is -0.142. The highest BCUT2D eigenvalue weighted by atomic mass is 16.5. The van der Waals surface area contributed by atoms with E-state index in [0.29, 0.717) is 30.3 Å². The first-order valence-electron chi connectivity index (χ1n) is 7.24. The van der Waals surface area contributed by atoms with Gasteiger partial charge in [-0.2, -0.15) is 5.26 Å². The Hall–Kier alpha value is -2.48. The molecule has 22 heavy (non-hydrogen) atoms. The number of ether oxygens (including phenoxy) is 3. The number of nitrogens with zero attached hydrogens (tertiary/aromatic N) is 1. The standard InChI is InChI=1S/C17H21NO4/c1-5-20-15-7-8-16(21-6-2)13(10-15)9-14(11-18)17(19)22-12(3)4/h7-10,12H,5-6H2,1-4H3. The molecule has 0 N–H and O–H groups in total. The largest absolute Gasteiger partial charge is 0.494 e. The van der Waals surface area contributed by atoms with Gasteiger partial charge in [-0.25, -0.2) is 4.79 Å². The van der Waals surface area contributed by atoms with Crippen LogP contribution < -0.4 is 9.47 Å². The highest BCUT2D eigenvalue weighted by Crippen LogP contribution is 2.27. The first-order valence-corrected chi connectivity index (χ1v) is 7.24. The van der Waals surface area contributed by atoms with Gasteiger partial charge in [-0.15, -0.1) is 0 Å². The minimum Gasteiger partial charge on any atom is -0.494 e. The molecule has 0 atom stereocenters. The second kappa shape index (κ2) is 8.73. The molecular weight excluding hydrogens is 282 g/mol. The van der Waals surface area contributed by atoms with Crippen molar-refractivity contribution >= 4 is 12.0 Å². The first kappa shape index (κ1) is 17.6. The van der Waals surface area contributed by atoms with Crippen LogP contribution in [0, 0.1) is 11.3 Å². The van der Waals surface area contributed by atoms with Gasteiger partial charge in [-0.05, 0) is 52.0 Å². The molecule has 0 aromatic heterocycles. The van der Waals surface area contributed by atoms with Gasteiger partial charge in [0.2, 0.25) is 0 Å². The molecule has 0 saturated heterocycles. The fraction of sp³-hybridized carbons (Fsp3) is 0.412. The quantitative estimate of drug-likeness (QED) is 0.439.